The van der Waals surface area contributed by atoms with Crippen molar-refractivity contribution in [1.29, 1.82) is 0 Å². The summed E-state index contributed by atoms with van der Waals surface area (Å²) in [5.74, 6) is 0. The van der Waals surface area contributed by atoms with E-state index in [9.17, 15) is 13.8 Å². The number of hydrogen-bond acceptors (Lipinski definition) is 3. The van der Waals surface area contributed by atoms with Gasteiger partial charge in [0.2, 0.25) is 6.41 Å². The lowest BCUT2D eigenvalue weighted by Gasteiger charge is -2.16. The van der Waals surface area contributed by atoms with Crippen molar-refractivity contribution in [3.8, 4) is 0 Å². The Balaban J connectivity index is 0.000000213. The van der Waals surface area contributed by atoms with Crippen molar-refractivity contribution < 1.29 is 18.4 Å². The van der Waals surface area contributed by atoms with Crippen LogP contribution >= 0.6 is 0 Å². The maximum Gasteiger partial charge on any atom is 0.207 e. The van der Waals surface area contributed by atoms with Crippen LogP contribution in [-0.2, 0) is 22.3 Å². The van der Waals surface area contributed by atoms with Crippen molar-refractivity contribution >= 4 is 23.8 Å². The van der Waals surface area contributed by atoms with E-state index in [1.165, 1.54) is 11.1 Å². The highest BCUT2D eigenvalue weighted by Gasteiger charge is 2.10. The first kappa shape index (κ1) is 28.4. The first-order valence-electron chi connectivity index (χ1n) is 11.4. The van der Waals surface area contributed by atoms with Gasteiger partial charge in [0.15, 0.2) is 11.1 Å². The summed E-state index contributed by atoms with van der Waals surface area (Å²) in [7, 11) is 0. The van der Waals surface area contributed by atoms with Crippen molar-refractivity contribution in [1.82, 2.24) is 5.32 Å². The Hall–Kier alpha value is -3.87. The summed E-state index contributed by atoms with van der Waals surface area (Å²) in [5, 5.41) is 2.88. The summed E-state index contributed by atoms with van der Waals surface area (Å²) < 4.78 is 19.0. The van der Waals surface area contributed by atoms with E-state index < -0.39 is 11.1 Å². The third-order valence-corrected chi connectivity index (χ3v) is 5.87. The van der Waals surface area contributed by atoms with Crippen LogP contribution in [0.1, 0.15) is 38.7 Å². The topological polar surface area (TPSA) is 83.5 Å². The molecule has 0 spiro atoms. The van der Waals surface area contributed by atoms with E-state index >= 15 is 0 Å². The number of aldehydes is 1. The molecule has 0 aliphatic rings. The van der Waals surface area contributed by atoms with Crippen LogP contribution in [0.5, 0.6) is 0 Å². The Labute approximate surface area is 215 Å². The number of hydrogen-bond donors (Lipinski definition) is 2. The zero-order chi connectivity index (χ0) is 26.2. The van der Waals surface area contributed by atoms with Crippen LogP contribution < -0.4 is 5.32 Å². The molecule has 2 N–H and O–H groups in total. The molecule has 186 valence electrons. The number of carbonyl (C=O) groups excluding carboxylic acids is 2. The van der Waals surface area contributed by atoms with E-state index in [4.69, 9.17) is 4.55 Å². The Morgan fingerprint density at radius 2 is 1.25 bits per heavy atom. The Bertz CT molecular complexity index is 1200. The molecule has 0 aliphatic heterocycles. The molecule has 0 aromatic heterocycles. The number of carbonyl (C=O) groups is 2. The van der Waals surface area contributed by atoms with Crippen LogP contribution in [0.25, 0.3) is 0 Å². The standard InChI is InChI=1S/C16H17NO.C7H8O2S.C7H6O/c1-13-7-9-14(10-8-13)11-16(17-12-18)15-5-3-2-4-6-15;1-6-2-4-7(5-3-6)10(8)9;8-6-7-4-2-1-3-5-7/h2-10,12,16H,11H2,1H3,(H,17,18);2-5H,1H3,(H,8,9);1-6H. The maximum absolute atomic E-state index is 10.7. The first-order chi connectivity index (χ1) is 17.4. The van der Waals surface area contributed by atoms with Crippen molar-refractivity contribution in [2.45, 2.75) is 31.2 Å². The van der Waals surface area contributed by atoms with Crippen LogP contribution in [0, 0.1) is 13.8 Å². The number of nitrogens with one attached hydrogen (secondary N) is 1. The molecule has 6 heteroatoms. The monoisotopic (exact) mass is 501 g/mol. The minimum absolute atomic E-state index is 0.0337. The van der Waals surface area contributed by atoms with Gasteiger partial charge in [0, 0.05) is 5.56 Å². The zero-order valence-electron chi connectivity index (χ0n) is 20.4. The molecule has 1 amide bonds. The highest BCUT2D eigenvalue weighted by molar-refractivity contribution is 7.79. The van der Waals surface area contributed by atoms with Crippen LogP contribution in [0.15, 0.2) is 114 Å². The predicted octanol–water partition coefficient (Wildman–Crippen LogP) is 6.10. The number of benzene rings is 4. The zero-order valence-corrected chi connectivity index (χ0v) is 21.2. The van der Waals surface area contributed by atoms with Crippen LogP contribution in [-0.4, -0.2) is 21.5 Å². The second-order valence-electron chi connectivity index (χ2n) is 8.03. The fourth-order valence-corrected chi connectivity index (χ4v) is 3.56. The smallest absolute Gasteiger partial charge is 0.207 e. The van der Waals surface area contributed by atoms with Gasteiger partial charge in [-0.05, 0) is 43.5 Å². The first-order valence-corrected chi connectivity index (χ1v) is 12.5. The van der Waals surface area contributed by atoms with Gasteiger partial charge < -0.3 is 9.87 Å². The Morgan fingerprint density at radius 1 is 0.750 bits per heavy atom. The van der Waals surface area contributed by atoms with Crippen LogP contribution in [0.3, 0.4) is 0 Å². The maximum atomic E-state index is 10.7. The van der Waals surface area contributed by atoms with Crippen molar-refractivity contribution in [3.63, 3.8) is 0 Å². The second kappa shape index (κ2) is 15.9. The molecule has 0 bridgehead atoms. The van der Waals surface area contributed by atoms with Gasteiger partial charge in [0.1, 0.15) is 6.29 Å². The average Bonchev–Trinajstić information content (AvgIpc) is 2.91. The van der Waals surface area contributed by atoms with Gasteiger partial charge in [-0.3, -0.25) is 9.59 Å². The summed E-state index contributed by atoms with van der Waals surface area (Å²) >= 11 is -1.84. The second-order valence-corrected chi connectivity index (χ2v) is 9.00. The molecular weight excluding hydrogens is 470 g/mol. The van der Waals surface area contributed by atoms with Gasteiger partial charge in [-0.25, -0.2) is 4.21 Å². The summed E-state index contributed by atoms with van der Waals surface area (Å²) in [4.78, 5) is 21.2. The lowest BCUT2D eigenvalue weighted by atomic mass is 9.98. The molecule has 0 saturated heterocycles. The van der Waals surface area contributed by atoms with E-state index in [1.54, 1.807) is 24.3 Å². The molecule has 5 nitrogen and oxygen atoms in total. The summed E-state index contributed by atoms with van der Waals surface area (Å²) in [6.45, 7) is 4.01. The molecule has 4 aromatic carbocycles. The molecule has 2 unspecified atom stereocenters. The van der Waals surface area contributed by atoms with E-state index in [1.807, 2.05) is 67.6 Å². The van der Waals surface area contributed by atoms with E-state index in [-0.39, 0.29) is 6.04 Å². The van der Waals surface area contributed by atoms with Gasteiger partial charge in [-0.15, -0.1) is 0 Å². The fraction of sp³-hybridized carbons (Fsp3) is 0.133. The third-order valence-electron chi connectivity index (χ3n) is 5.19. The molecule has 0 saturated carbocycles. The number of aryl methyl sites for hydroxylation is 2. The van der Waals surface area contributed by atoms with E-state index in [2.05, 4.69) is 36.5 Å². The largest absolute Gasteiger partial charge is 0.352 e. The molecule has 4 aromatic rings. The molecule has 0 heterocycles. The van der Waals surface area contributed by atoms with Crippen molar-refractivity contribution in [3.05, 3.63) is 137 Å². The minimum atomic E-state index is -1.84. The lowest BCUT2D eigenvalue weighted by molar-refractivity contribution is -0.110. The number of amides is 1. The molecule has 4 rings (SSSR count). The summed E-state index contributed by atoms with van der Waals surface area (Å²) in [6, 6.07) is 34.5. The minimum Gasteiger partial charge on any atom is -0.352 e. The molecule has 2 atom stereocenters. The predicted molar refractivity (Wildman–Crippen MR) is 145 cm³/mol. The molecule has 36 heavy (non-hydrogen) atoms. The fourth-order valence-electron chi connectivity index (χ4n) is 3.19. The van der Waals surface area contributed by atoms with E-state index in [0.717, 1.165) is 35.8 Å². The van der Waals surface area contributed by atoms with Gasteiger partial charge in [-0.2, -0.15) is 0 Å². The highest BCUT2D eigenvalue weighted by Crippen LogP contribution is 2.18. The van der Waals surface area contributed by atoms with Gasteiger partial charge in [-0.1, -0.05) is 108 Å². The van der Waals surface area contributed by atoms with Crippen molar-refractivity contribution in [2.75, 3.05) is 0 Å². The van der Waals surface area contributed by atoms with Gasteiger partial charge in [0.05, 0.1) is 10.9 Å². The Kier molecular flexibility index (Phi) is 12.5. The van der Waals surface area contributed by atoms with Crippen LogP contribution in [0.4, 0.5) is 0 Å². The third kappa shape index (κ3) is 10.6. The normalized spacial score (nSPS) is 11.4. The summed E-state index contributed by atoms with van der Waals surface area (Å²) in [6.07, 6.45) is 2.41. The van der Waals surface area contributed by atoms with E-state index in [0.29, 0.717) is 4.90 Å². The van der Waals surface area contributed by atoms with Crippen molar-refractivity contribution in [2.24, 2.45) is 0 Å². The number of rotatable bonds is 7. The molecule has 0 radical (unpaired) electrons. The summed E-state index contributed by atoms with van der Waals surface area (Å²) in [5.41, 5.74) is 5.43. The Morgan fingerprint density at radius 3 is 1.69 bits per heavy atom. The van der Waals surface area contributed by atoms with Gasteiger partial charge >= 0.3 is 0 Å². The SMILES string of the molecule is Cc1ccc(CC(NC=O)c2ccccc2)cc1.Cc1ccc(S(=O)O)cc1.O=Cc1ccccc1. The highest BCUT2D eigenvalue weighted by atomic mass is 32.2. The quantitative estimate of drug-likeness (QED) is 0.237. The van der Waals surface area contributed by atoms with Gasteiger partial charge in [0.25, 0.3) is 0 Å². The average molecular weight is 502 g/mol. The molecule has 0 fully saturated rings. The molecule has 0 aliphatic carbocycles. The molecular formula is C30H31NO4S. The van der Waals surface area contributed by atoms with Crippen LogP contribution in [0.2, 0.25) is 0 Å². The lowest BCUT2D eigenvalue weighted by Crippen LogP contribution is -2.21.